The van der Waals surface area contributed by atoms with Crippen molar-refractivity contribution in [2.45, 2.75) is 102 Å². The molecule has 2 aliphatic rings. The van der Waals surface area contributed by atoms with E-state index < -0.39 is 0 Å². The SMILES string of the molecule is CCCCCCCCCCCCCCC=CC12OC1O2. The van der Waals surface area contributed by atoms with Crippen LogP contribution in [-0.2, 0) is 9.47 Å². The summed E-state index contributed by atoms with van der Waals surface area (Å²) in [4.78, 5) is 0. The molecular formula is C18H32O2. The van der Waals surface area contributed by atoms with Gasteiger partial charge in [0.15, 0.2) is 0 Å². The second-order valence-electron chi connectivity index (χ2n) is 6.37. The summed E-state index contributed by atoms with van der Waals surface area (Å²) < 4.78 is 10.4. The van der Waals surface area contributed by atoms with Gasteiger partial charge in [-0.25, -0.2) is 0 Å². The number of allylic oxidation sites excluding steroid dienone is 1. The fourth-order valence-electron chi connectivity index (χ4n) is 2.78. The predicted octanol–water partition coefficient (Wildman–Crippen LogP) is 5.72. The molecule has 0 saturated carbocycles. The van der Waals surface area contributed by atoms with E-state index in [1.165, 1.54) is 83.5 Å². The van der Waals surface area contributed by atoms with E-state index in [-0.39, 0.29) is 12.1 Å². The van der Waals surface area contributed by atoms with Crippen molar-refractivity contribution in [2.75, 3.05) is 0 Å². The van der Waals surface area contributed by atoms with Crippen LogP contribution in [0.5, 0.6) is 0 Å². The number of ether oxygens (including phenoxy) is 2. The van der Waals surface area contributed by atoms with Gasteiger partial charge in [-0.15, -0.1) is 0 Å². The minimum Gasteiger partial charge on any atom is -0.306 e. The summed E-state index contributed by atoms with van der Waals surface area (Å²) >= 11 is 0. The summed E-state index contributed by atoms with van der Waals surface area (Å²) in [6, 6.07) is 0. The van der Waals surface area contributed by atoms with E-state index in [1.807, 2.05) is 0 Å². The minimum absolute atomic E-state index is 0.126. The molecule has 2 fully saturated rings. The molecule has 0 aromatic rings. The Labute approximate surface area is 124 Å². The van der Waals surface area contributed by atoms with Gasteiger partial charge in [-0.2, -0.15) is 0 Å². The van der Waals surface area contributed by atoms with Crippen LogP contribution in [0.3, 0.4) is 0 Å². The number of unbranched alkanes of at least 4 members (excludes halogenated alkanes) is 12. The molecule has 0 aromatic carbocycles. The molecule has 2 saturated heterocycles. The minimum atomic E-state index is -0.225. The first-order chi connectivity index (χ1) is 9.87. The van der Waals surface area contributed by atoms with Crippen molar-refractivity contribution in [3.05, 3.63) is 12.2 Å². The van der Waals surface area contributed by atoms with E-state index in [0.29, 0.717) is 0 Å². The van der Waals surface area contributed by atoms with Crippen molar-refractivity contribution < 1.29 is 9.47 Å². The molecule has 2 heterocycles. The molecule has 0 unspecified atom stereocenters. The van der Waals surface area contributed by atoms with Crippen molar-refractivity contribution in [1.82, 2.24) is 0 Å². The van der Waals surface area contributed by atoms with Crippen molar-refractivity contribution in [2.24, 2.45) is 0 Å². The zero-order valence-corrected chi connectivity index (χ0v) is 13.2. The number of epoxide rings is 2. The lowest BCUT2D eigenvalue weighted by Crippen LogP contribution is -1.91. The molecule has 0 atom stereocenters. The fourth-order valence-corrected chi connectivity index (χ4v) is 2.78. The first-order valence-electron chi connectivity index (χ1n) is 8.91. The lowest BCUT2D eigenvalue weighted by molar-refractivity contribution is -0.0263. The standard InChI is InChI=1S/C18H32O2/c1-2-3-4-5-6-7-8-9-10-11-12-13-14-15-16-18-17(19-18)20-18/h15-17H,2-14H2,1H3. The maximum Gasteiger partial charge on any atom is 0.245 e. The quantitative estimate of drug-likeness (QED) is 0.231. The highest BCUT2D eigenvalue weighted by molar-refractivity contribution is 5.17. The van der Waals surface area contributed by atoms with Crippen LogP contribution in [0.15, 0.2) is 12.2 Å². The molecule has 2 nitrogen and oxygen atoms in total. The molecule has 2 rings (SSSR count). The number of rotatable bonds is 14. The Kier molecular flexibility index (Phi) is 7.09. The summed E-state index contributed by atoms with van der Waals surface area (Å²) in [5, 5.41) is 0. The van der Waals surface area contributed by atoms with Crippen LogP contribution in [0.1, 0.15) is 90.4 Å². The normalized spacial score (nSPS) is 26.9. The van der Waals surface area contributed by atoms with Crippen LogP contribution in [0, 0.1) is 0 Å². The Morgan fingerprint density at radius 1 is 0.750 bits per heavy atom. The van der Waals surface area contributed by atoms with Gasteiger partial charge in [0.2, 0.25) is 12.1 Å². The van der Waals surface area contributed by atoms with Gasteiger partial charge in [0.05, 0.1) is 0 Å². The molecule has 0 spiro atoms. The van der Waals surface area contributed by atoms with Crippen LogP contribution >= 0.6 is 0 Å². The number of hydrogen-bond acceptors (Lipinski definition) is 2. The third kappa shape index (κ3) is 5.97. The van der Waals surface area contributed by atoms with E-state index in [4.69, 9.17) is 9.47 Å². The molecule has 0 aliphatic carbocycles. The van der Waals surface area contributed by atoms with E-state index in [1.54, 1.807) is 0 Å². The lowest BCUT2D eigenvalue weighted by Gasteiger charge is -2.02. The van der Waals surface area contributed by atoms with Gasteiger partial charge < -0.3 is 9.47 Å². The predicted molar refractivity (Wildman–Crippen MR) is 83.5 cm³/mol. The molecule has 2 aliphatic heterocycles. The molecule has 0 amide bonds. The van der Waals surface area contributed by atoms with E-state index in [9.17, 15) is 0 Å². The van der Waals surface area contributed by atoms with Gasteiger partial charge in [0, 0.05) is 0 Å². The largest absolute Gasteiger partial charge is 0.306 e. The highest BCUT2D eigenvalue weighted by Gasteiger charge is 2.75. The summed E-state index contributed by atoms with van der Waals surface area (Å²) in [7, 11) is 0. The highest BCUT2D eigenvalue weighted by atomic mass is 17.0. The van der Waals surface area contributed by atoms with Crippen molar-refractivity contribution >= 4 is 0 Å². The van der Waals surface area contributed by atoms with E-state index in [0.717, 1.165) is 0 Å². The van der Waals surface area contributed by atoms with Gasteiger partial charge in [-0.05, 0) is 18.9 Å². The van der Waals surface area contributed by atoms with Crippen molar-refractivity contribution in [3.63, 3.8) is 0 Å². The summed E-state index contributed by atoms with van der Waals surface area (Å²) in [6.07, 6.45) is 22.6. The Balaban J connectivity index is 1.23. The van der Waals surface area contributed by atoms with Crippen molar-refractivity contribution in [3.8, 4) is 0 Å². The zero-order valence-electron chi connectivity index (χ0n) is 13.2. The highest BCUT2D eigenvalue weighted by Crippen LogP contribution is 2.57. The Morgan fingerprint density at radius 3 is 1.65 bits per heavy atom. The Bertz CT molecular complexity index is 279. The smallest absolute Gasteiger partial charge is 0.245 e. The first kappa shape index (κ1) is 16.0. The Morgan fingerprint density at radius 2 is 1.20 bits per heavy atom. The van der Waals surface area contributed by atoms with Gasteiger partial charge >= 0.3 is 0 Å². The molecule has 20 heavy (non-hydrogen) atoms. The third-order valence-corrected chi connectivity index (χ3v) is 4.37. The molecule has 0 N–H and O–H groups in total. The number of hydrogen-bond donors (Lipinski definition) is 0. The maximum absolute atomic E-state index is 5.20. The monoisotopic (exact) mass is 280 g/mol. The average Bonchev–Trinajstić information content (AvgIpc) is 3.29. The van der Waals surface area contributed by atoms with Gasteiger partial charge in [0.1, 0.15) is 0 Å². The lowest BCUT2D eigenvalue weighted by atomic mass is 10.0. The van der Waals surface area contributed by atoms with Gasteiger partial charge in [0.25, 0.3) is 0 Å². The average molecular weight is 280 g/mol. The molecule has 116 valence electrons. The maximum atomic E-state index is 5.20. The van der Waals surface area contributed by atoms with Crippen LogP contribution in [-0.4, -0.2) is 12.1 Å². The molecule has 2 heteroatoms. The molecule has 0 aromatic heterocycles. The fraction of sp³-hybridized carbons (Fsp3) is 0.889. The first-order valence-corrected chi connectivity index (χ1v) is 8.91. The van der Waals surface area contributed by atoms with E-state index in [2.05, 4.69) is 19.1 Å². The summed E-state index contributed by atoms with van der Waals surface area (Å²) in [6.45, 7) is 2.28. The van der Waals surface area contributed by atoms with Crippen LogP contribution in [0.4, 0.5) is 0 Å². The second kappa shape index (κ2) is 8.84. The summed E-state index contributed by atoms with van der Waals surface area (Å²) in [5.41, 5.74) is 0. The summed E-state index contributed by atoms with van der Waals surface area (Å²) in [5.74, 6) is -0.225. The molecule has 0 bridgehead atoms. The second-order valence-corrected chi connectivity index (χ2v) is 6.37. The molecule has 0 radical (unpaired) electrons. The number of fused-ring (bicyclic) bond motifs is 1. The Hall–Kier alpha value is -0.340. The van der Waals surface area contributed by atoms with Crippen molar-refractivity contribution in [1.29, 1.82) is 0 Å². The van der Waals surface area contributed by atoms with Gasteiger partial charge in [-0.1, -0.05) is 83.6 Å². The molecular weight excluding hydrogens is 248 g/mol. The zero-order chi connectivity index (χ0) is 14.1. The third-order valence-electron chi connectivity index (χ3n) is 4.37. The van der Waals surface area contributed by atoms with Crippen LogP contribution in [0.2, 0.25) is 0 Å². The van der Waals surface area contributed by atoms with Crippen LogP contribution in [0.25, 0.3) is 0 Å². The van der Waals surface area contributed by atoms with Gasteiger partial charge in [-0.3, -0.25) is 0 Å². The topological polar surface area (TPSA) is 25.1 Å². The van der Waals surface area contributed by atoms with E-state index >= 15 is 0 Å². The van der Waals surface area contributed by atoms with Crippen LogP contribution < -0.4 is 0 Å².